The highest BCUT2D eigenvalue weighted by Gasteiger charge is 2.28. The van der Waals surface area contributed by atoms with E-state index < -0.39 is 9.05 Å². The van der Waals surface area contributed by atoms with Crippen molar-refractivity contribution in [3.63, 3.8) is 0 Å². The zero-order chi connectivity index (χ0) is 15.1. The van der Waals surface area contributed by atoms with Gasteiger partial charge in [0.05, 0.1) is 0 Å². The van der Waals surface area contributed by atoms with E-state index in [2.05, 4.69) is 5.32 Å². The molecular formula is C13H19ClN2O3S. The molecule has 0 bridgehead atoms. The molecule has 1 N–H and O–H groups in total. The highest BCUT2D eigenvalue weighted by Crippen LogP contribution is 2.34. The second-order valence-corrected chi connectivity index (χ2v) is 8.76. The molecule has 0 radical (unpaired) electrons. The summed E-state index contributed by atoms with van der Waals surface area (Å²) < 4.78 is 24.6. The van der Waals surface area contributed by atoms with E-state index in [4.69, 9.17) is 10.7 Å². The lowest BCUT2D eigenvalue weighted by Crippen LogP contribution is -2.41. The van der Waals surface area contributed by atoms with Gasteiger partial charge in [0.2, 0.25) is 0 Å². The van der Waals surface area contributed by atoms with E-state index in [9.17, 15) is 13.2 Å². The summed E-state index contributed by atoms with van der Waals surface area (Å²) in [5.41, 5.74) is -0.0323. The maximum atomic E-state index is 12.3. The van der Waals surface area contributed by atoms with Crippen molar-refractivity contribution in [2.45, 2.75) is 56.5 Å². The highest BCUT2D eigenvalue weighted by molar-refractivity contribution is 8.13. The monoisotopic (exact) mass is 318 g/mol. The second-order valence-electron chi connectivity index (χ2n) is 6.20. The Morgan fingerprint density at radius 1 is 1.40 bits per heavy atom. The first-order chi connectivity index (χ1) is 9.08. The third-order valence-corrected chi connectivity index (χ3v) is 4.62. The number of halogens is 1. The van der Waals surface area contributed by atoms with Gasteiger partial charge in [-0.15, -0.1) is 0 Å². The summed E-state index contributed by atoms with van der Waals surface area (Å²) in [6.45, 7) is 5.63. The third-order valence-electron chi connectivity index (χ3n) is 3.29. The summed E-state index contributed by atoms with van der Waals surface area (Å²) in [5.74, 6) is -0.282. The molecule has 1 fully saturated rings. The minimum Gasteiger partial charge on any atom is -0.346 e. The summed E-state index contributed by atoms with van der Waals surface area (Å²) in [6, 6.07) is 1.53. The molecule has 1 aliphatic carbocycles. The van der Waals surface area contributed by atoms with Crippen LogP contribution in [0.15, 0.2) is 17.2 Å². The lowest BCUT2D eigenvalue weighted by Gasteiger charge is -2.29. The van der Waals surface area contributed by atoms with Crippen LogP contribution in [-0.4, -0.2) is 24.4 Å². The number of carbonyl (C=O) groups excluding carboxylic acids is 1. The molecule has 0 atom stereocenters. The Morgan fingerprint density at radius 2 is 2.00 bits per heavy atom. The van der Waals surface area contributed by atoms with Gasteiger partial charge in [-0.1, -0.05) is 0 Å². The average molecular weight is 319 g/mol. The molecule has 1 amide bonds. The number of aromatic nitrogens is 1. The molecule has 0 aromatic carbocycles. The number of hydrogen-bond donors (Lipinski definition) is 1. The molecule has 1 saturated carbocycles. The molecular weight excluding hydrogens is 300 g/mol. The van der Waals surface area contributed by atoms with Crippen molar-refractivity contribution in [1.29, 1.82) is 0 Å². The predicted octanol–water partition coefficient (Wildman–Crippen LogP) is 2.67. The van der Waals surface area contributed by atoms with Crippen LogP contribution >= 0.6 is 10.7 Å². The van der Waals surface area contributed by atoms with Crippen LogP contribution in [0.25, 0.3) is 0 Å². The normalized spacial score (nSPS) is 16.8. The van der Waals surface area contributed by atoms with E-state index in [0.717, 1.165) is 19.3 Å². The van der Waals surface area contributed by atoms with Gasteiger partial charge in [-0.2, -0.15) is 0 Å². The average Bonchev–Trinajstić information content (AvgIpc) is 2.55. The summed E-state index contributed by atoms with van der Waals surface area (Å²) in [5, 5.41) is 2.85. The fraction of sp³-hybridized carbons (Fsp3) is 0.615. The van der Waals surface area contributed by atoms with Gasteiger partial charge in [0.1, 0.15) is 10.6 Å². The SMILES string of the molecule is CC(C)(C)NC(=O)c1cc(S(=O)(=O)Cl)cn1C1CCC1. The van der Waals surface area contributed by atoms with E-state index in [0.29, 0.717) is 5.69 Å². The van der Waals surface area contributed by atoms with Gasteiger partial charge < -0.3 is 9.88 Å². The maximum absolute atomic E-state index is 12.3. The first-order valence-corrected chi connectivity index (χ1v) is 8.88. The minimum atomic E-state index is -3.83. The number of carbonyl (C=O) groups is 1. The van der Waals surface area contributed by atoms with Crippen molar-refractivity contribution in [3.05, 3.63) is 18.0 Å². The van der Waals surface area contributed by atoms with Crippen LogP contribution in [0.3, 0.4) is 0 Å². The molecule has 2 rings (SSSR count). The Morgan fingerprint density at radius 3 is 2.40 bits per heavy atom. The zero-order valence-corrected chi connectivity index (χ0v) is 13.4. The summed E-state index contributed by atoms with van der Waals surface area (Å²) in [7, 11) is 1.55. The van der Waals surface area contributed by atoms with Crippen molar-refractivity contribution in [2.75, 3.05) is 0 Å². The van der Waals surface area contributed by atoms with Crippen molar-refractivity contribution in [2.24, 2.45) is 0 Å². The van der Waals surface area contributed by atoms with Crippen LogP contribution in [0, 0.1) is 0 Å². The molecule has 0 spiro atoms. The lowest BCUT2D eigenvalue weighted by molar-refractivity contribution is 0.0904. The Labute approximate surface area is 123 Å². The van der Waals surface area contributed by atoms with Crippen LogP contribution in [0.2, 0.25) is 0 Å². The molecule has 0 saturated heterocycles. The smallest absolute Gasteiger partial charge is 0.268 e. The molecule has 7 heteroatoms. The Hall–Kier alpha value is -1.01. The number of rotatable bonds is 3. The van der Waals surface area contributed by atoms with Gasteiger partial charge in [-0.25, -0.2) is 8.42 Å². The molecule has 0 aliphatic heterocycles. The van der Waals surface area contributed by atoms with E-state index in [1.807, 2.05) is 20.8 Å². The first-order valence-electron chi connectivity index (χ1n) is 6.57. The van der Waals surface area contributed by atoms with Gasteiger partial charge in [0.15, 0.2) is 0 Å². The van der Waals surface area contributed by atoms with Gasteiger partial charge in [0.25, 0.3) is 15.0 Å². The molecule has 1 aromatic rings. The van der Waals surface area contributed by atoms with Crippen molar-refractivity contribution >= 4 is 25.6 Å². The quantitative estimate of drug-likeness (QED) is 0.871. The molecule has 1 aliphatic rings. The summed E-state index contributed by atoms with van der Waals surface area (Å²) in [4.78, 5) is 12.3. The van der Waals surface area contributed by atoms with E-state index >= 15 is 0 Å². The van der Waals surface area contributed by atoms with Crippen molar-refractivity contribution in [3.8, 4) is 0 Å². The largest absolute Gasteiger partial charge is 0.346 e. The van der Waals surface area contributed by atoms with E-state index in [-0.39, 0.29) is 22.4 Å². The fourth-order valence-corrected chi connectivity index (χ4v) is 2.89. The summed E-state index contributed by atoms with van der Waals surface area (Å²) in [6.07, 6.45) is 4.45. The molecule has 1 heterocycles. The molecule has 20 heavy (non-hydrogen) atoms. The van der Waals surface area contributed by atoms with Gasteiger partial charge in [-0.3, -0.25) is 4.79 Å². The van der Waals surface area contributed by atoms with E-state index in [1.54, 1.807) is 4.57 Å². The van der Waals surface area contributed by atoms with Crippen LogP contribution < -0.4 is 5.32 Å². The number of amides is 1. The minimum absolute atomic E-state index is 0.0230. The Bertz CT molecular complexity index is 625. The molecule has 112 valence electrons. The van der Waals surface area contributed by atoms with Crippen LogP contribution in [0.1, 0.15) is 56.6 Å². The maximum Gasteiger partial charge on any atom is 0.268 e. The zero-order valence-electron chi connectivity index (χ0n) is 11.8. The molecule has 5 nitrogen and oxygen atoms in total. The van der Waals surface area contributed by atoms with Crippen LogP contribution in [-0.2, 0) is 9.05 Å². The lowest BCUT2D eigenvalue weighted by atomic mass is 9.93. The second kappa shape index (κ2) is 5.07. The van der Waals surface area contributed by atoms with Gasteiger partial charge in [-0.05, 0) is 46.1 Å². The van der Waals surface area contributed by atoms with Crippen molar-refractivity contribution in [1.82, 2.24) is 9.88 Å². The van der Waals surface area contributed by atoms with E-state index in [1.165, 1.54) is 12.3 Å². The van der Waals surface area contributed by atoms with Crippen molar-refractivity contribution < 1.29 is 13.2 Å². The highest BCUT2D eigenvalue weighted by atomic mass is 35.7. The third kappa shape index (κ3) is 3.35. The first kappa shape index (κ1) is 15.4. The number of nitrogens with zero attached hydrogens (tertiary/aromatic N) is 1. The molecule has 1 aromatic heterocycles. The van der Waals surface area contributed by atoms with Crippen LogP contribution in [0.4, 0.5) is 0 Å². The molecule has 0 unspecified atom stereocenters. The Kier molecular flexibility index (Phi) is 3.90. The van der Waals surface area contributed by atoms with Gasteiger partial charge >= 0.3 is 0 Å². The standard InChI is InChI=1S/C13H19ClN2O3S/c1-13(2,3)15-12(17)11-7-10(20(14,18)19)8-16(11)9-5-4-6-9/h7-9H,4-6H2,1-3H3,(H,15,17). The number of nitrogens with one attached hydrogen (secondary N) is 1. The summed E-state index contributed by atoms with van der Waals surface area (Å²) >= 11 is 0. The predicted molar refractivity (Wildman–Crippen MR) is 77.6 cm³/mol. The Balaban J connectivity index is 2.39. The van der Waals surface area contributed by atoms with Crippen LogP contribution in [0.5, 0.6) is 0 Å². The van der Waals surface area contributed by atoms with Gasteiger partial charge in [0, 0.05) is 28.5 Å². The fourth-order valence-electron chi connectivity index (χ4n) is 2.14. The topological polar surface area (TPSA) is 68.2 Å². The number of hydrogen-bond acceptors (Lipinski definition) is 3.